The molecule has 1 N–H and O–H groups in total. The summed E-state index contributed by atoms with van der Waals surface area (Å²) < 4.78 is 38.7. The first kappa shape index (κ1) is 18.6. The van der Waals surface area contributed by atoms with Gasteiger partial charge in [0.05, 0.1) is 5.69 Å². The van der Waals surface area contributed by atoms with Crippen LogP contribution in [0, 0.1) is 18.4 Å². The summed E-state index contributed by atoms with van der Waals surface area (Å²) in [7, 11) is 0. The summed E-state index contributed by atoms with van der Waals surface area (Å²) >= 11 is 0. The Kier molecular flexibility index (Phi) is 4.94. The number of aryl methyl sites for hydroxylation is 1. The highest BCUT2D eigenvalue weighted by Gasteiger charge is 2.33. The van der Waals surface area contributed by atoms with Crippen molar-refractivity contribution in [2.75, 3.05) is 13.1 Å². The summed E-state index contributed by atoms with van der Waals surface area (Å²) in [6.45, 7) is 2.41. The van der Waals surface area contributed by atoms with Gasteiger partial charge in [0.2, 0.25) is 0 Å². The monoisotopic (exact) mass is 376 g/mol. The molecule has 2 aromatic heterocycles. The Morgan fingerprint density at radius 1 is 1.37 bits per heavy atom. The molecule has 3 rings (SSSR count). The summed E-state index contributed by atoms with van der Waals surface area (Å²) in [6, 6.07) is 3.61. The summed E-state index contributed by atoms with van der Waals surface area (Å²) in [4.78, 5) is 25.2. The normalized spacial score (nSPS) is 16.9. The predicted molar refractivity (Wildman–Crippen MR) is 88.1 cm³/mol. The van der Waals surface area contributed by atoms with E-state index < -0.39 is 17.8 Å². The average Bonchev–Trinajstić information content (AvgIpc) is 3.08. The maximum atomic E-state index is 12.9. The second kappa shape index (κ2) is 7.19. The van der Waals surface area contributed by atoms with Crippen LogP contribution < -0.4 is 5.32 Å². The van der Waals surface area contributed by atoms with Gasteiger partial charge in [-0.25, -0.2) is 9.97 Å². The number of pyridine rings is 1. The quantitative estimate of drug-likeness (QED) is 0.825. The van der Waals surface area contributed by atoms with Crippen LogP contribution in [-0.4, -0.2) is 44.9 Å². The lowest BCUT2D eigenvalue weighted by Gasteiger charge is -2.12. The van der Waals surface area contributed by atoms with Crippen molar-refractivity contribution < 1.29 is 18.0 Å². The molecular weight excluding hydrogens is 361 g/mol. The Balaban J connectivity index is 1.75. The molecule has 3 heterocycles. The second-order valence-corrected chi connectivity index (χ2v) is 6.12. The van der Waals surface area contributed by atoms with Gasteiger partial charge in [-0.3, -0.25) is 9.78 Å². The van der Waals surface area contributed by atoms with Crippen molar-refractivity contribution in [3.05, 3.63) is 41.6 Å². The van der Waals surface area contributed by atoms with Crippen molar-refractivity contribution in [3.8, 4) is 17.5 Å². The lowest BCUT2D eigenvalue weighted by molar-refractivity contribution is -0.141. The molecule has 0 spiro atoms. The zero-order valence-electron chi connectivity index (χ0n) is 14.3. The molecular formula is C17H15F3N6O. The number of alkyl halides is 3. The van der Waals surface area contributed by atoms with Crippen LogP contribution in [0.25, 0.3) is 11.3 Å². The zero-order chi connectivity index (χ0) is 19.6. The Bertz CT molecular complexity index is 891. The van der Waals surface area contributed by atoms with E-state index in [1.165, 1.54) is 25.3 Å². The number of aromatic nitrogens is 3. The first-order chi connectivity index (χ1) is 12.8. The summed E-state index contributed by atoms with van der Waals surface area (Å²) in [6.07, 6.45) is -0.585. The molecule has 0 bridgehead atoms. The van der Waals surface area contributed by atoms with Gasteiger partial charge in [0.25, 0.3) is 5.91 Å². The number of carbonyl (C=O) groups excluding carboxylic acids is 1. The maximum absolute atomic E-state index is 12.9. The van der Waals surface area contributed by atoms with E-state index in [9.17, 15) is 18.0 Å². The van der Waals surface area contributed by atoms with Crippen molar-refractivity contribution in [1.29, 1.82) is 5.26 Å². The van der Waals surface area contributed by atoms with Gasteiger partial charge in [-0.2, -0.15) is 18.4 Å². The minimum Gasteiger partial charge on any atom is -0.346 e. The molecule has 0 unspecified atom stereocenters. The fourth-order valence-corrected chi connectivity index (χ4v) is 2.77. The van der Waals surface area contributed by atoms with Crippen LogP contribution in [0.2, 0.25) is 0 Å². The highest BCUT2D eigenvalue weighted by Crippen LogP contribution is 2.30. The van der Waals surface area contributed by atoms with Crippen LogP contribution in [0.4, 0.5) is 13.2 Å². The van der Waals surface area contributed by atoms with Crippen molar-refractivity contribution in [3.63, 3.8) is 0 Å². The Morgan fingerprint density at radius 2 is 2.15 bits per heavy atom. The standard InChI is InChI=1S/C17H15F3N6O/c1-10-23-14(6-15(24-10)17(18,19)20)11-2-3-13(22-7-11)16(27)25-12-4-5-26(8-12)9-21/h2-3,6-7,12H,4-5,8H2,1H3,(H,25,27)/t12-/m1/s1. The molecule has 1 fully saturated rings. The minimum atomic E-state index is -4.58. The van der Waals surface area contributed by atoms with Crippen molar-refractivity contribution in [1.82, 2.24) is 25.2 Å². The van der Waals surface area contributed by atoms with Crippen LogP contribution in [0.3, 0.4) is 0 Å². The van der Waals surface area contributed by atoms with Crippen molar-refractivity contribution in [2.45, 2.75) is 25.6 Å². The maximum Gasteiger partial charge on any atom is 0.433 e. The number of halogens is 3. The van der Waals surface area contributed by atoms with E-state index in [1.807, 2.05) is 6.19 Å². The van der Waals surface area contributed by atoms with Gasteiger partial charge in [-0.1, -0.05) is 0 Å². The molecule has 2 aromatic rings. The number of carbonyl (C=O) groups is 1. The van der Waals surface area contributed by atoms with E-state index in [1.54, 1.807) is 4.90 Å². The molecule has 140 valence electrons. The van der Waals surface area contributed by atoms with Crippen LogP contribution in [0.15, 0.2) is 24.4 Å². The molecule has 1 atom stereocenters. The van der Waals surface area contributed by atoms with Crippen molar-refractivity contribution in [2.24, 2.45) is 0 Å². The van der Waals surface area contributed by atoms with Crippen LogP contribution >= 0.6 is 0 Å². The molecule has 1 aliphatic rings. The number of hydrogen-bond donors (Lipinski definition) is 1. The Hall–Kier alpha value is -3.22. The lowest BCUT2D eigenvalue weighted by Crippen LogP contribution is -2.36. The number of amides is 1. The van der Waals surface area contributed by atoms with Crippen molar-refractivity contribution >= 4 is 5.91 Å². The lowest BCUT2D eigenvalue weighted by atomic mass is 10.1. The van der Waals surface area contributed by atoms with E-state index >= 15 is 0 Å². The molecule has 0 aromatic carbocycles. The van der Waals surface area contributed by atoms with E-state index in [0.29, 0.717) is 25.1 Å². The predicted octanol–water partition coefficient (Wildman–Crippen LogP) is 2.15. The van der Waals surface area contributed by atoms with Gasteiger partial charge in [-0.05, 0) is 31.5 Å². The van der Waals surface area contributed by atoms with E-state index in [4.69, 9.17) is 5.26 Å². The van der Waals surface area contributed by atoms with Gasteiger partial charge in [0.15, 0.2) is 6.19 Å². The van der Waals surface area contributed by atoms with Gasteiger partial charge >= 0.3 is 6.18 Å². The van der Waals surface area contributed by atoms with Crippen LogP contribution in [-0.2, 0) is 6.18 Å². The molecule has 0 aliphatic carbocycles. The topological polar surface area (TPSA) is 94.8 Å². The summed E-state index contributed by atoms with van der Waals surface area (Å²) in [5.41, 5.74) is -0.472. The number of nitriles is 1. The zero-order valence-corrected chi connectivity index (χ0v) is 14.3. The number of nitrogens with one attached hydrogen (secondary N) is 1. The highest BCUT2D eigenvalue weighted by molar-refractivity contribution is 5.92. The molecule has 0 saturated carbocycles. The summed E-state index contributed by atoms with van der Waals surface area (Å²) in [5, 5.41) is 11.6. The molecule has 0 radical (unpaired) electrons. The molecule has 1 aliphatic heterocycles. The second-order valence-electron chi connectivity index (χ2n) is 6.12. The molecule has 10 heteroatoms. The fourth-order valence-electron chi connectivity index (χ4n) is 2.77. The number of hydrogen-bond acceptors (Lipinski definition) is 6. The van der Waals surface area contributed by atoms with Crippen LogP contribution in [0.1, 0.15) is 28.4 Å². The van der Waals surface area contributed by atoms with Gasteiger partial charge in [-0.15, -0.1) is 0 Å². The fraction of sp³-hybridized carbons (Fsp3) is 0.353. The van der Waals surface area contributed by atoms with Crippen LogP contribution in [0.5, 0.6) is 0 Å². The smallest absolute Gasteiger partial charge is 0.346 e. The third-order valence-corrected chi connectivity index (χ3v) is 4.09. The third-order valence-electron chi connectivity index (χ3n) is 4.09. The largest absolute Gasteiger partial charge is 0.433 e. The molecule has 7 nitrogen and oxygen atoms in total. The number of nitrogens with zero attached hydrogens (tertiary/aromatic N) is 5. The van der Waals surface area contributed by atoms with Gasteiger partial charge in [0.1, 0.15) is 17.2 Å². The van der Waals surface area contributed by atoms with Gasteiger partial charge in [0, 0.05) is 30.9 Å². The first-order valence-corrected chi connectivity index (χ1v) is 8.11. The third kappa shape index (κ3) is 4.31. The SMILES string of the molecule is Cc1nc(-c2ccc(C(=O)N[C@@H]3CCN(C#N)C3)nc2)cc(C(F)(F)F)n1. The number of likely N-dealkylation sites (tertiary alicyclic amines) is 1. The molecule has 1 amide bonds. The molecule has 27 heavy (non-hydrogen) atoms. The van der Waals surface area contributed by atoms with E-state index in [2.05, 4.69) is 20.3 Å². The number of rotatable bonds is 3. The highest BCUT2D eigenvalue weighted by atomic mass is 19.4. The minimum absolute atomic E-state index is 0.00933. The average molecular weight is 376 g/mol. The Labute approximate surface area is 152 Å². The van der Waals surface area contributed by atoms with E-state index in [-0.39, 0.29) is 23.3 Å². The molecule has 1 saturated heterocycles. The van der Waals surface area contributed by atoms with Gasteiger partial charge < -0.3 is 10.2 Å². The Morgan fingerprint density at radius 3 is 2.74 bits per heavy atom. The summed E-state index contributed by atoms with van der Waals surface area (Å²) in [5.74, 6) is -0.411. The van der Waals surface area contributed by atoms with E-state index in [0.717, 1.165) is 6.07 Å². The first-order valence-electron chi connectivity index (χ1n) is 8.11.